The highest BCUT2D eigenvalue weighted by molar-refractivity contribution is 8.11. The Morgan fingerprint density at radius 2 is 1.25 bits per heavy atom. The fraction of sp³-hybridized carbons (Fsp3) is 1.00. The molecule has 0 aromatic heterocycles. The number of rotatable bonds is 1. The Bertz CT molecular complexity index is 6.00. The van der Waals surface area contributed by atoms with Crippen molar-refractivity contribution in [3.05, 3.63) is 0 Å². The first kappa shape index (κ1) is 4.86. The molecule has 0 heterocycles. The van der Waals surface area contributed by atoms with Crippen LogP contribution in [0.1, 0.15) is 0 Å². The van der Waals surface area contributed by atoms with E-state index in [0.29, 0.717) is 0 Å². The van der Waals surface area contributed by atoms with Crippen molar-refractivity contribution in [1.82, 2.24) is 0 Å². The van der Waals surface area contributed by atoms with Gasteiger partial charge >= 0.3 is 0 Å². The largest absolute Gasteiger partial charge is 0.0498 e. The Labute approximate surface area is 30.8 Å². The van der Waals surface area contributed by atoms with Crippen LogP contribution in [0.3, 0.4) is 0 Å². The van der Waals surface area contributed by atoms with Crippen LogP contribution in [0.15, 0.2) is 0 Å². The van der Waals surface area contributed by atoms with E-state index in [-0.39, 0.29) is 0 Å². The number of hydrogen-bond donors (Lipinski definition) is 0. The van der Waals surface area contributed by atoms with Crippen molar-refractivity contribution < 1.29 is 0 Å². The van der Waals surface area contributed by atoms with E-state index in [0.717, 1.165) is 0 Å². The van der Waals surface area contributed by atoms with Gasteiger partial charge in [-0.25, -0.2) is 0 Å². The van der Waals surface area contributed by atoms with Crippen molar-refractivity contribution in [2.75, 3.05) is 13.3 Å². The molecule has 0 nitrogen and oxygen atoms in total. The molecule has 0 amide bonds. The average molecular weight is 92.0 g/mol. The fourth-order valence-corrected chi connectivity index (χ4v) is 0. The van der Waals surface area contributed by atoms with Crippen molar-refractivity contribution in [3.63, 3.8) is 0 Å². The Kier molecular flexibility index (Phi) is 4.69. The molecule has 0 saturated carbocycles. The molecule has 0 unspecified atom stereocenters. The molecule has 0 fully saturated rings. The van der Waals surface area contributed by atoms with Crippen LogP contribution in [-0.4, -0.2) is 13.3 Å². The van der Waals surface area contributed by atoms with Crippen LogP contribution in [0.25, 0.3) is 0 Å². The third-order valence-corrected chi connectivity index (χ3v) is 1.80. The standard InChI is InChI=1S/C2H6P2/c1-3-4-2/h1-2H3. The normalized spacial score (nSPS) is 13.5. The second-order valence-electron chi connectivity index (χ2n) is 0.400. The molecule has 2 heteroatoms. The Hall–Kier alpha value is 0.860. The first-order valence-corrected chi connectivity index (χ1v) is 4.48. The smallest absolute Gasteiger partial charge is 0.0360 e. The van der Waals surface area contributed by atoms with Gasteiger partial charge in [-0.1, -0.05) is 0 Å². The van der Waals surface area contributed by atoms with Crippen LogP contribution in [0.2, 0.25) is 0 Å². The fourth-order valence-electron chi connectivity index (χ4n) is 0. The van der Waals surface area contributed by atoms with Gasteiger partial charge in [0.15, 0.2) is 0 Å². The lowest BCUT2D eigenvalue weighted by Gasteiger charge is -1.66. The Balaban J connectivity index is 1.97. The monoisotopic (exact) mass is 92.0 g/mol. The molecule has 0 bridgehead atoms. The van der Waals surface area contributed by atoms with E-state index in [1.54, 1.807) is 0 Å². The van der Waals surface area contributed by atoms with E-state index in [9.17, 15) is 0 Å². The number of hydrogen-bond acceptors (Lipinski definition) is 0. The molecule has 2 radical (unpaired) electrons. The molecule has 0 aromatic rings. The zero-order valence-electron chi connectivity index (χ0n) is 2.89. The van der Waals surface area contributed by atoms with Gasteiger partial charge in [-0.15, -0.1) is 0 Å². The average Bonchev–Trinajstić information content (AvgIpc) is 1.37. The first-order valence-electron chi connectivity index (χ1n) is 1.09. The molecule has 24 valence electrons. The lowest BCUT2D eigenvalue weighted by molar-refractivity contribution is 2.46. The van der Waals surface area contributed by atoms with Crippen LogP contribution in [0.5, 0.6) is 0 Å². The van der Waals surface area contributed by atoms with E-state index in [4.69, 9.17) is 0 Å². The van der Waals surface area contributed by atoms with Gasteiger partial charge in [0.2, 0.25) is 0 Å². The van der Waals surface area contributed by atoms with Crippen molar-refractivity contribution in [1.29, 1.82) is 0 Å². The maximum Gasteiger partial charge on any atom is -0.0360 e. The van der Waals surface area contributed by atoms with Crippen molar-refractivity contribution in [2.24, 2.45) is 0 Å². The maximum atomic E-state index is 2.14. The van der Waals surface area contributed by atoms with Gasteiger partial charge in [-0.2, -0.15) is 0 Å². The highest BCUT2D eigenvalue weighted by Gasteiger charge is 1.57. The highest BCUT2D eigenvalue weighted by atomic mass is 32.0. The summed E-state index contributed by atoms with van der Waals surface area (Å²) in [6, 6.07) is 0. The van der Waals surface area contributed by atoms with Gasteiger partial charge in [0.05, 0.1) is 0 Å². The van der Waals surface area contributed by atoms with E-state index in [2.05, 4.69) is 13.3 Å². The van der Waals surface area contributed by atoms with Crippen LogP contribution in [0.4, 0.5) is 0 Å². The van der Waals surface area contributed by atoms with Gasteiger partial charge in [-0.3, -0.25) is 0 Å². The van der Waals surface area contributed by atoms with Crippen LogP contribution < -0.4 is 0 Å². The summed E-state index contributed by atoms with van der Waals surface area (Å²) in [5.74, 6) is 0. The van der Waals surface area contributed by atoms with E-state index in [1.807, 2.05) is 0 Å². The summed E-state index contributed by atoms with van der Waals surface area (Å²) in [4.78, 5) is 0. The van der Waals surface area contributed by atoms with Gasteiger partial charge < -0.3 is 0 Å². The van der Waals surface area contributed by atoms with Crippen LogP contribution in [0, 0.1) is 0 Å². The molecule has 0 spiro atoms. The second-order valence-corrected chi connectivity index (χ2v) is 3.60. The summed E-state index contributed by atoms with van der Waals surface area (Å²) in [6.07, 6.45) is 0. The van der Waals surface area contributed by atoms with E-state index < -0.39 is 0 Å². The van der Waals surface area contributed by atoms with Gasteiger partial charge in [0, 0.05) is 0 Å². The van der Waals surface area contributed by atoms with Crippen LogP contribution in [-0.2, 0) is 0 Å². The topological polar surface area (TPSA) is 0 Å². The molecule has 0 aliphatic rings. The predicted molar refractivity (Wildman–Crippen MR) is 25.7 cm³/mol. The molecule has 0 N–H and O–H groups in total. The predicted octanol–water partition coefficient (Wildman–Crippen LogP) is 2.05. The van der Waals surface area contributed by atoms with Crippen molar-refractivity contribution in [2.45, 2.75) is 0 Å². The summed E-state index contributed by atoms with van der Waals surface area (Å²) in [5, 5.41) is 0. The minimum absolute atomic E-state index is 1.47. The molecule has 0 rings (SSSR count). The highest BCUT2D eigenvalue weighted by Crippen LogP contribution is 2.27. The van der Waals surface area contributed by atoms with Gasteiger partial charge in [-0.05, 0) is 29.9 Å². The van der Waals surface area contributed by atoms with E-state index >= 15 is 0 Å². The third-order valence-electron chi connectivity index (χ3n) is 0.200. The van der Waals surface area contributed by atoms with Gasteiger partial charge in [0.1, 0.15) is 0 Å². The maximum absolute atomic E-state index is 2.14. The summed E-state index contributed by atoms with van der Waals surface area (Å²) in [5.41, 5.74) is 0. The summed E-state index contributed by atoms with van der Waals surface area (Å²) in [6.45, 7) is 4.28. The minimum Gasteiger partial charge on any atom is -0.0498 e. The molecular formula is C2H6P2. The summed E-state index contributed by atoms with van der Waals surface area (Å²) in [7, 11) is 2.94. The lowest BCUT2D eigenvalue weighted by Crippen LogP contribution is -1.17. The quantitative estimate of drug-likeness (QED) is 0.434. The lowest BCUT2D eigenvalue weighted by atomic mass is 12.0. The SMILES string of the molecule is C[P][P]C. The molecule has 0 aliphatic heterocycles. The molecule has 0 saturated heterocycles. The second kappa shape index (κ2) is 3.86. The molecule has 0 aliphatic carbocycles. The van der Waals surface area contributed by atoms with E-state index in [1.165, 1.54) is 16.5 Å². The van der Waals surface area contributed by atoms with Crippen molar-refractivity contribution >= 4 is 16.5 Å². The zero-order valence-corrected chi connectivity index (χ0v) is 4.68. The Morgan fingerprint density at radius 1 is 1.00 bits per heavy atom. The van der Waals surface area contributed by atoms with Crippen molar-refractivity contribution in [3.8, 4) is 0 Å². The minimum atomic E-state index is 1.47. The Morgan fingerprint density at radius 3 is 1.25 bits per heavy atom. The molecule has 4 heavy (non-hydrogen) atoms. The zero-order chi connectivity index (χ0) is 3.41. The summed E-state index contributed by atoms with van der Waals surface area (Å²) < 4.78 is 0. The third kappa shape index (κ3) is 2.86. The summed E-state index contributed by atoms with van der Waals surface area (Å²) >= 11 is 0. The van der Waals surface area contributed by atoms with Crippen LogP contribution >= 0.6 is 16.5 Å². The molecule has 0 atom stereocenters. The molecule has 0 aromatic carbocycles. The first-order chi connectivity index (χ1) is 1.91. The van der Waals surface area contributed by atoms with Gasteiger partial charge in [0.25, 0.3) is 0 Å². The molecular weight excluding hydrogens is 86.0 g/mol.